The predicted octanol–water partition coefficient (Wildman–Crippen LogP) is 6.05. The van der Waals surface area contributed by atoms with Crippen molar-refractivity contribution in [2.24, 2.45) is 0 Å². The maximum Gasteiger partial charge on any atom is 0.451 e. The molecule has 0 atom stereocenters. The van der Waals surface area contributed by atoms with Gasteiger partial charge < -0.3 is 4.18 Å². The Morgan fingerprint density at radius 3 is 1.82 bits per heavy atom. The van der Waals surface area contributed by atoms with Gasteiger partial charge in [0.15, 0.2) is 0 Å². The fraction of sp³-hybridized carbons (Fsp3) is 0.176. The fourth-order valence-electron chi connectivity index (χ4n) is 2.01. The Morgan fingerprint density at radius 2 is 1.39 bits per heavy atom. The van der Waals surface area contributed by atoms with Crippen molar-refractivity contribution >= 4 is 30.5 Å². The topological polar surface area (TPSA) is 43.4 Å². The summed E-state index contributed by atoms with van der Waals surface area (Å²) < 4.78 is 106. The first kappa shape index (κ1) is 22.3. The number of hydrogen-bond acceptors (Lipinski definition) is 3. The summed E-state index contributed by atoms with van der Waals surface area (Å²) in [6, 6.07) is 7.56. The minimum atomic E-state index is -5.24. The average Bonchev–Trinajstić information content (AvgIpc) is 2.58. The first-order chi connectivity index (χ1) is 12.7. The molecule has 28 heavy (non-hydrogen) atoms. The van der Waals surface area contributed by atoms with E-state index in [-0.39, 0.29) is 5.56 Å². The van der Waals surface area contributed by atoms with Crippen molar-refractivity contribution in [2.75, 3.05) is 0 Å². The van der Waals surface area contributed by atoms with Crippen molar-refractivity contribution < 1.29 is 38.9 Å². The van der Waals surface area contributed by atoms with Gasteiger partial charge in [0.2, 0.25) is 5.76 Å². The van der Waals surface area contributed by atoms with Crippen molar-refractivity contribution in [3.8, 4) is 0 Å². The van der Waals surface area contributed by atoms with Crippen LogP contribution in [0.25, 0.3) is 4.48 Å². The molecule has 0 aliphatic rings. The molecule has 11 heteroatoms. The summed E-state index contributed by atoms with van der Waals surface area (Å²) >= 11 is 2.59. The van der Waals surface area contributed by atoms with Gasteiger partial charge in [-0.2, -0.15) is 34.8 Å². The minimum Gasteiger partial charge on any atom is -0.372 e. The zero-order valence-corrected chi connectivity index (χ0v) is 16.3. The van der Waals surface area contributed by atoms with Gasteiger partial charge in [-0.3, -0.25) is 0 Å². The van der Waals surface area contributed by atoms with Crippen LogP contribution < -0.4 is 0 Å². The third-order valence-corrected chi connectivity index (χ3v) is 5.48. The van der Waals surface area contributed by atoms with Crippen LogP contribution in [0.1, 0.15) is 16.7 Å². The second-order valence-electron chi connectivity index (χ2n) is 5.57. The first-order valence-electron chi connectivity index (χ1n) is 7.37. The lowest BCUT2D eigenvalue weighted by atomic mass is 10.1. The lowest BCUT2D eigenvalue weighted by molar-refractivity contribution is -0.137. The number of benzene rings is 2. The summed E-state index contributed by atoms with van der Waals surface area (Å²) in [7, 11) is -4.83. The normalized spacial score (nSPS) is 13.9. The molecule has 3 nitrogen and oxygen atoms in total. The second-order valence-corrected chi connectivity index (χ2v) is 7.91. The summed E-state index contributed by atoms with van der Waals surface area (Å²) in [5, 5.41) is 0. The van der Waals surface area contributed by atoms with Crippen molar-refractivity contribution in [2.45, 2.75) is 24.2 Å². The monoisotopic (exact) mass is 488 g/mol. The third-order valence-electron chi connectivity index (χ3n) is 3.43. The van der Waals surface area contributed by atoms with Gasteiger partial charge in [0.05, 0.1) is 10.0 Å². The van der Waals surface area contributed by atoms with Crippen molar-refractivity contribution in [1.82, 2.24) is 0 Å². The SMILES string of the molecule is Cc1ccc(S(=O)(=O)O/C(=C(\Br)c2ccc(C(F)(F)F)cc2)C(F)(F)F)cc1. The fourth-order valence-corrected chi connectivity index (χ4v) is 3.65. The summed E-state index contributed by atoms with van der Waals surface area (Å²) in [6.45, 7) is 1.65. The number of rotatable bonds is 4. The van der Waals surface area contributed by atoms with Gasteiger partial charge in [0.25, 0.3) is 0 Å². The van der Waals surface area contributed by atoms with Crippen molar-refractivity contribution in [3.05, 3.63) is 71.0 Å². The Balaban J connectivity index is 2.49. The molecule has 0 saturated heterocycles. The van der Waals surface area contributed by atoms with Crippen LogP contribution in [0.15, 0.2) is 59.2 Å². The maximum absolute atomic E-state index is 13.4. The third kappa shape index (κ3) is 5.28. The van der Waals surface area contributed by atoms with E-state index in [1.54, 1.807) is 6.92 Å². The molecule has 0 spiro atoms. The number of hydrogen-bond donors (Lipinski definition) is 0. The van der Waals surface area contributed by atoms with Crippen molar-refractivity contribution in [3.63, 3.8) is 0 Å². The van der Waals surface area contributed by atoms with Gasteiger partial charge in [-0.1, -0.05) is 29.8 Å². The first-order valence-corrected chi connectivity index (χ1v) is 9.58. The van der Waals surface area contributed by atoms with Gasteiger partial charge in [0, 0.05) is 0 Å². The molecule has 0 radical (unpaired) electrons. The highest BCUT2D eigenvalue weighted by molar-refractivity contribution is 9.15. The molecule has 0 N–H and O–H groups in total. The second kappa shape index (κ2) is 7.78. The standard InChI is InChI=1S/C17H11BrF6O3S/c1-10-2-8-13(9-3-10)28(25,26)27-15(17(22,23)24)14(18)11-4-6-12(7-5-11)16(19,20)21/h2-9H,1H3/b15-14-. The molecule has 0 heterocycles. The van der Waals surface area contributed by atoms with Crippen LogP contribution in [0.4, 0.5) is 26.3 Å². The van der Waals surface area contributed by atoms with E-state index < -0.39 is 43.2 Å². The van der Waals surface area contributed by atoms with Gasteiger partial charge in [-0.05, 0) is 52.7 Å². The van der Waals surface area contributed by atoms with E-state index in [2.05, 4.69) is 20.1 Å². The highest BCUT2D eigenvalue weighted by Gasteiger charge is 2.42. The van der Waals surface area contributed by atoms with E-state index in [9.17, 15) is 34.8 Å². The average molecular weight is 489 g/mol. The lowest BCUT2D eigenvalue weighted by Crippen LogP contribution is -2.20. The number of halogens is 7. The highest BCUT2D eigenvalue weighted by Crippen LogP contribution is 2.39. The van der Waals surface area contributed by atoms with E-state index >= 15 is 0 Å². The Hall–Kier alpha value is -2.01. The predicted molar refractivity (Wildman–Crippen MR) is 92.8 cm³/mol. The van der Waals surface area contributed by atoms with E-state index in [1.807, 2.05) is 0 Å². The molecular weight excluding hydrogens is 478 g/mol. The molecule has 2 aromatic carbocycles. The molecule has 0 aromatic heterocycles. The molecule has 0 aliphatic heterocycles. The van der Waals surface area contributed by atoms with Gasteiger partial charge in [-0.25, -0.2) is 0 Å². The molecule has 2 rings (SSSR count). The smallest absolute Gasteiger partial charge is 0.372 e. The minimum absolute atomic E-state index is 0.348. The number of aryl methyl sites for hydroxylation is 1. The summed E-state index contributed by atoms with van der Waals surface area (Å²) in [6.07, 6.45) is -9.91. The molecule has 0 fully saturated rings. The molecule has 152 valence electrons. The zero-order valence-electron chi connectivity index (χ0n) is 13.9. The largest absolute Gasteiger partial charge is 0.451 e. The van der Waals surface area contributed by atoms with Crippen molar-refractivity contribution in [1.29, 1.82) is 0 Å². The quantitative estimate of drug-likeness (QED) is 0.299. The van der Waals surface area contributed by atoms with E-state index in [1.165, 1.54) is 12.1 Å². The Morgan fingerprint density at radius 1 is 0.893 bits per heavy atom. The van der Waals surface area contributed by atoms with Crippen LogP contribution in [-0.4, -0.2) is 14.6 Å². The molecule has 0 bridgehead atoms. The van der Waals surface area contributed by atoms with Crippen LogP contribution in [0.3, 0.4) is 0 Å². The van der Waals surface area contributed by atoms with Crippen LogP contribution in [-0.2, 0) is 20.5 Å². The summed E-state index contributed by atoms with van der Waals surface area (Å²) in [5.74, 6) is -1.91. The Kier molecular flexibility index (Phi) is 6.19. The summed E-state index contributed by atoms with van der Waals surface area (Å²) in [4.78, 5) is -0.507. The van der Waals surface area contributed by atoms with Gasteiger partial charge >= 0.3 is 22.5 Å². The molecule has 0 unspecified atom stereocenters. The highest BCUT2D eigenvalue weighted by atomic mass is 79.9. The molecule has 2 aromatic rings. The Bertz CT molecular complexity index is 976. The van der Waals surface area contributed by atoms with E-state index in [0.29, 0.717) is 17.7 Å². The van der Waals surface area contributed by atoms with Crippen LogP contribution >= 0.6 is 15.9 Å². The molecule has 0 amide bonds. The number of alkyl halides is 6. The molecule has 0 aliphatic carbocycles. The number of allylic oxidation sites excluding steroid dienone is 1. The maximum atomic E-state index is 13.4. The Labute approximate surface area is 164 Å². The van der Waals surface area contributed by atoms with Gasteiger partial charge in [0.1, 0.15) is 4.90 Å². The van der Waals surface area contributed by atoms with Gasteiger partial charge in [-0.15, -0.1) is 0 Å². The lowest BCUT2D eigenvalue weighted by Gasteiger charge is -2.16. The molecular formula is C17H11BrF6O3S. The van der Waals surface area contributed by atoms with E-state index in [4.69, 9.17) is 0 Å². The molecule has 0 saturated carbocycles. The van der Waals surface area contributed by atoms with Crippen LogP contribution in [0.5, 0.6) is 0 Å². The van der Waals surface area contributed by atoms with E-state index in [0.717, 1.165) is 24.3 Å². The zero-order chi connectivity index (χ0) is 21.3. The van der Waals surface area contributed by atoms with Crippen LogP contribution in [0.2, 0.25) is 0 Å². The van der Waals surface area contributed by atoms with Crippen LogP contribution in [0, 0.1) is 6.92 Å². The summed E-state index contributed by atoms with van der Waals surface area (Å²) in [5.41, 5.74) is -0.741.